The van der Waals surface area contributed by atoms with Crippen molar-refractivity contribution in [1.82, 2.24) is 4.90 Å². The number of nitrogens with zero attached hydrogens (tertiary/aromatic N) is 1. The van der Waals surface area contributed by atoms with Gasteiger partial charge in [0.1, 0.15) is 11.6 Å². The molecule has 1 heterocycles. The van der Waals surface area contributed by atoms with Crippen LogP contribution in [0.4, 0.5) is 4.39 Å². The zero-order chi connectivity index (χ0) is 27.7. The van der Waals surface area contributed by atoms with Crippen molar-refractivity contribution in [2.45, 2.75) is 110 Å². The average Bonchev–Trinajstić information content (AvgIpc) is 2.82. The smallest absolute Gasteiger partial charge is 0.258 e. The van der Waals surface area contributed by atoms with Crippen molar-refractivity contribution in [2.75, 3.05) is 13.1 Å². The standard InChI is InChI=1S/C31H48FNO3Si/c1-20(2)37(21(3)4,22(5)6)36-30-23(7)18-26(19-24(30)8)29(34)25(9)33-16-14-31(35,15-17-33)27-10-12-28(32)13-11-27/h10-13,18-22,25,29,34-35H,14-17H2,1-9H3/t25-,29?/m1/s1. The van der Waals surface area contributed by atoms with Gasteiger partial charge in [-0.2, -0.15) is 0 Å². The molecule has 0 bridgehead atoms. The number of piperidine rings is 1. The van der Waals surface area contributed by atoms with Crippen LogP contribution in [0.1, 0.15) is 89.7 Å². The molecule has 1 aliphatic rings. The van der Waals surface area contributed by atoms with Gasteiger partial charge >= 0.3 is 0 Å². The molecule has 4 nitrogen and oxygen atoms in total. The van der Waals surface area contributed by atoms with Crippen molar-refractivity contribution >= 4 is 8.32 Å². The van der Waals surface area contributed by atoms with Gasteiger partial charge in [-0.05, 0) is 96.8 Å². The Morgan fingerprint density at radius 3 is 1.76 bits per heavy atom. The molecule has 0 saturated carbocycles. The molecule has 2 atom stereocenters. The fourth-order valence-corrected chi connectivity index (χ4v) is 12.1. The zero-order valence-corrected chi connectivity index (χ0v) is 25.3. The van der Waals surface area contributed by atoms with Crippen LogP contribution < -0.4 is 4.43 Å². The van der Waals surface area contributed by atoms with Gasteiger partial charge in [0, 0.05) is 19.1 Å². The normalized spacial score (nSPS) is 18.5. The monoisotopic (exact) mass is 529 g/mol. The van der Waals surface area contributed by atoms with E-state index in [0.717, 1.165) is 28.0 Å². The lowest BCUT2D eigenvalue weighted by Crippen LogP contribution is -2.51. The van der Waals surface area contributed by atoms with Crippen LogP contribution >= 0.6 is 0 Å². The van der Waals surface area contributed by atoms with Crippen LogP contribution in [-0.4, -0.2) is 42.6 Å². The average molecular weight is 530 g/mol. The third-order valence-corrected chi connectivity index (χ3v) is 14.8. The van der Waals surface area contributed by atoms with E-state index in [2.05, 4.69) is 79.3 Å². The minimum Gasteiger partial charge on any atom is -0.542 e. The van der Waals surface area contributed by atoms with Crippen molar-refractivity contribution in [2.24, 2.45) is 0 Å². The highest BCUT2D eigenvalue weighted by molar-refractivity contribution is 6.78. The molecule has 0 radical (unpaired) electrons. The summed E-state index contributed by atoms with van der Waals surface area (Å²) in [5, 5.41) is 22.6. The van der Waals surface area contributed by atoms with Gasteiger partial charge in [-0.3, -0.25) is 4.90 Å². The molecule has 1 saturated heterocycles. The number of aryl methyl sites for hydroxylation is 2. The second kappa shape index (κ2) is 11.6. The molecule has 6 heteroatoms. The summed E-state index contributed by atoms with van der Waals surface area (Å²) in [4.78, 5) is 2.24. The minimum atomic E-state index is -2.08. The summed E-state index contributed by atoms with van der Waals surface area (Å²) < 4.78 is 20.4. The van der Waals surface area contributed by atoms with E-state index in [0.29, 0.717) is 42.6 Å². The molecule has 2 aromatic rings. The van der Waals surface area contributed by atoms with Crippen molar-refractivity contribution in [3.63, 3.8) is 0 Å². The Hall–Kier alpha value is -1.73. The zero-order valence-electron chi connectivity index (χ0n) is 24.3. The van der Waals surface area contributed by atoms with Gasteiger partial charge in [-0.15, -0.1) is 0 Å². The first-order chi connectivity index (χ1) is 17.2. The Kier molecular flexibility index (Phi) is 9.32. The lowest BCUT2D eigenvalue weighted by Gasteiger charge is -2.43. The summed E-state index contributed by atoms with van der Waals surface area (Å²) in [6.45, 7) is 21.3. The van der Waals surface area contributed by atoms with E-state index in [1.54, 1.807) is 12.1 Å². The Morgan fingerprint density at radius 1 is 0.865 bits per heavy atom. The van der Waals surface area contributed by atoms with Crippen LogP contribution in [0.5, 0.6) is 5.75 Å². The summed E-state index contributed by atoms with van der Waals surface area (Å²) in [7, 11) is -2.08. The van der Waals surface area contributed by atoms with E-state index < -0.39 is 20.0 Å². The van der Waals surface area contributed by atoms with Crippen LogP contribution in [0.3, 0.4) is 0 Å². The number of halogens is 1. The predicted molar refractivity (Wildman–Crippen MR) is 153 cm³/mol. The van der Waals surface area contributed by atoms with Gasteiger partial charge in [0.2, 0.25) is 0 Å². The first-order valence-corrected chi connectivity index (χ1v) is 16.1. The van der Waals surface area contributed by atoms with E-state index in [9.17, 15) is 14.6 Å². The summed E-state index contributed by atoms with van der Waals surface area (Å²) in [6.07, 6.45) is 0.449. The van der Waals surface area contributed by atoms with Crippen molar-refractivity contribution < 1.29 is 19.0 Å². The molecule has 206 valence electrons. The minimum absolute atomic E-state index is 0.0983. The molecule has 3 rings (SSSR count). The highest BCUT2D eigenvalue weighted by Crippen LogP contribution is 2.44. The van der Waals surface area contributed by atoms with Crippen molar-refractivity contribution in [3.05, 3.63) is 64.5 Å². The summed E-state index contributed by atoms with van der Waals surface area (Å²) in [6, 6.07) is 10.2. The second-order valence-electron chi connectivity index (χ2n) is 12.2. The van der Waals surface area contributed by atoms with Gasteiger partial charge in [0.15, 0.2) is 0 Å². The highest BCUT2D eigenvalue weighted by Gasteiger charge is 2.47. The number of likely N-dealkylation sites (tertiary alicyclic amines) is 1. The lowest BCUT2D eigenvalue weighted by molar-refractivity contribution is -0.0502. The van der Waals surface area contributed by atoms with Gasteiger partial charge in [0.05, 0.1) is 11.7 Å². The fourth-order valence-electron chi connectivity index (χ4n) is 6.67. The second-order valence-corrected chi connectivity index (χ2v) is 17.5. The molecule has 0 aliphatic carbocycles. The van der Waals surface area contributed by atoms with Crippen molar-refractivity contribution in [3.8, 4) is 5.75 Å². The van der Waals surface area contributed by atoms with Crippen LogP contribution in [0.15, 0.2) is 36.4 Å². The number of aliphatic hydroxyl groups is 2. The van der Waals surface area contributed by atoms with E-state index in [-0.39, 0.29) is 11.9 Å². The fraction of sp³-hybridized carbons (Fsp3) is 0.613. The number of benzene rings is 2. The Morgan fingerprint density at radius 2 is 1.32 bits per heavy atom. The summed E-state index contributed by atoms with van der Waals surface area (Å²) >= 11 is 0. The van der Waals surface area contributed by atoms with Gasteiger partial charge in [-0.1, -0.05) is 53.7 Å². The van der Waals surface area contributed by atoms with Crippen molar-refractivity contribution in [1.29, 1.82) is 0 Å². The highest BCUT2D eigenvalue weighted by atomic mass is 28.4. The molecule has 0 spiro atoms. The first-order valence-electron chi connectivity index (χ1n) is 13.9. The van der Waals surface area contributed by atoms with Crippen LogP contribution in [0.25, 0.3) is 0 Å². The molecule has 1 aliphatic heterocycles. The Labute approximate surface area is 225 Å². The molecule has 37 heavy (non-hydrogen) atoms. The van der Waals surface area contributed by atoms with Crippen LogP contribution in [-0.2, 0) is 5.60 Å². The Balaban J connectivity index is 1.76. The van der Waals surface area contributed by atoms with Crippen LogP contribution in [0.2, 0.25) is 16.6 Å². The number of aliphatic hydroxyl groups excluding tert-OH is 1. The van der Waals surface area contributed by atoms with E-state index in [4.69, 9.17) is 4.43 Å². The maximum Gasteiger partial charge on any atom is 0.258 e. The maximum atomic E-state index is 13.3. The van der Waals surface area contributed by atoms with Crippen LogP contribution in [0, 0.1) is 19.7 Å². The first kappa shape index (κ1) is 29.8. The molecule has 0 amide bonds. The quantitative estimate of drug-likeness (QED) is 0.332. The molecule has 1 unspecified atom stereocenters. The number of hydrogen-bond donors (Lipinski definition) is 2. The Bertz CT molecular complexity index is 1000. The molecular weight excluding hydrogens is 481 g/mol. The summed E-state index contributed by atoms with van der Waals surface area (Å²) in [5.74, 6) is 0.683. The van der Waals surface area contributed by atoms with Gasteiger partial charge in [-0.25, -0.2) is 4.39 Å². The van der Waals surface area contributed by atoms with Gasteiger partial charge < -0.3 is 14.6 Å². The number of hydrogen-bond acceptors (Lipinski definition) is 4. The van der Waals surface area contributed by atoms with E-state index in [1.165, 1.54) is 12.1 Å². The topological polar surface area (TPSA) is 52.9 Å². The molecule has 2 aromatic carbocycles. The molecule has 1 fully saturated rings. The van der Waals surface area contributed by atoms with E-state index >= 15 is 0 Å². The third-order valence-electron chi connectivity index (χ3n) is 8.85. The third kappa shape index (κ3) is 5.98. The molecule has 0 aromatic heterocycles. The number of rotatable bonds is 9. The van der Waals surface area contributed by atoms with Gasteiger partial charge in [0.25, 0.3) is 8.32 Å². The largest absolute Gasteiger partial charge is 0.542 e. The maximum absolute atomic E-state index is 13.3. The predicted octanol–water partition coefficient (Wildman–Crippen LogP) is 7.40. The van der Waals surface area contributed by atoms with E-state index in [1.807, 2.05) is 0 Å². The SMILES string of the molecule is Cc1cc(C(O)[C@@H](C)N2CCC(O)(c3ccc(F)cc3)CC2)cc(C)c1O[Si](C(C)C)(C(C)C)C(C)C. The lowest BCUT2D eigenvalue weighted by atomic mass is 9.83. The molecular formula is C31H48FNO3Si. The molecule has 2 N–H and O–H groups in total. The summed E-state index contributed by atoms with van der Waals surface area (Å²) in [5.41, 5.74) is 4.32.